The number of rotatable bonds is 2. The predicted molar refractivity (Wildman–Crippen MR) is 86.3 cm³/mol. The number of phenols is 2. The van der Waals surface area contributed by atoms with Crippen molar-refractivity contribution in [3.63, 3.8) is 0 Å². The number of phenolic OH excluding ortho intramolecular Hbond substituents is 2. The Morgan fingerprint density at radius 2 is 1.67 bits per heavy atom. The van der Waals surface area contributed by atoms with E-state index in [0.717, 1.165) is 29.7 Å². The SMILES string of the molecule is CCC1(CC)Cc2cc(O)c(O)cc2Sc2ccccc21. The van der Waals surface area contributed by atoms with E-state index in [4.69, 9.17) is 0 Å². The Labute approximate surface area is 129 Å². The lowest BCUT2D eigenvalue weighted by molar-refractivity contribution is 0.380. The fourth-order valence-electron chi connectivity index (χ4n) is 3.29. The van der Waals surface area contributed by atoms with Crippen LogP contribution in [0.25, 0.3) is 0 Å². The molecule has 3 rings (SSSR count). The van der Waals surface area contributed by atoms with Crippen LogP contribution in [0.5, 0.6) is 11.5 Å². The van der Waals surface area contributed by atoms with Crippen molar-refractivity contribution in [2.45, 2.75) is 48.3 Å². The smallest absolute Gasteiger partial charge is 0.158 e. The van der Waals surface area contributed by atoms with Crippen LogP contribution in [0, 0.1) is 0 Å². The molecule has 21 heavy (non-hydrogen) atoms. The minimum atomic E-state index is -0.0424. The van der Waals surface area contributed by atoms with Gasteiger partial charge in [0.05, 0.1) is 0 Å². The predicted octanol–water partition coefficient (Wildman–Crippen LogP) is 4.86. The van der Waals surface area contributed by atoms with Crippen molar-refractivity contribution < 1.29 is 10.2 Å². The van der Waals surface area contributed by atoms with Crippen molar-refractivity contribution in [1.82, 2.24) is 0 Å². The Bertz CT molecular complexity index is 675. The molecule has 0 atom stereocenters. The number of hydrogen-bond acceptors (Lipinski definition) is 3. The van der Waals surface area contributed by atoms with Crippen LogP contribution in [-0.4, -0.2) is 10.2 Å². The van der Waals surface area contributed by atoms with Crippen molar-refractivity contribution in [2.75, 3.05) is 0 Å². The van der Waals surface area contributed by atoms with Gasteiger partial charge in [0.1, 0.15) is 0 Å². The van der Waals surface area contributed by atoms with Crippen LogP contribution in [0.4, 0.5) is 0 Å². The number of fused-ring (bicyclic) bond motifs is 2. The number of aromatic hydroxyl groups is 2. The van der Waals surface area contributed by atoms with Crippen LogP contribution < -0.4 is 0 Å². The lowest BCUT2D eigenvalue weighted by atomic mass is 9.71. The molecule has 2 N–H and O–H groups in total. The highest BCUT2D eigenvalue weighted by molar-refractivity contribution is 7.99. The molecule has 1 aliphatic rings. The molecular formula is C18H20O2S. The lowest BCUT2D eigenvalue weighted by Gasteiger charge is -2.32. The summed E-state index contributed by atoms with van der Waals surface area (Å²) >= 11 is 1.69. The summed E-state index contributed by atoms with van der Waals surface area (Å²) in [5.74, 6) is -0.0689. The summed E-state index contributed by atoms with van der Waals surface area (Å²) < 4.78 is 0. The topological polar surface area (TPSA) is 40.5 Å². The third kappa shape index (κ3) is 2.30. The third-order valence-corrected chi connectivity index (χ3v) is 5.89. The molecule has 0 radical (unpaired) electrons. The van der Waals surface area contributed by atoms with E-state index in [-0.39, 0.29) is 16.9 Å². The van der Waals surface area contributed by atoms with E-state index in [0.29, 0.717) is 0 Å². The van der Waals surface area contributed by atoms with Crippen molar-refractivity contribution in [3.05, 3.63) is 47.5 Å². The zero-order valence-corrected chi connectivity index (χ0v) is 13.2. The van der Waals surface area contributed by atoms with Crippen molar-refractivity contribution in [3.8, 4) is 11.5 Å². The first-order valence-corrected chi connectivity index (χ1v) is 8.23. The summed E-state index contributed by atoms with van der Waals surface area (Å²) in [4.78, 5) is 2.30. The molecule has 0 spiro atoms. The average Bonchev–Trinajstić information content (AvgIpc) is 2.63. The Morgan fingerprint density at radius 1 is 1.00 bits per heavy atom. The number of hydrogen-bond donors (Lipinski definition) is 2. The summed E-state index contributed by atoms with van der Waals surface area (Å²) in [7, 11) is 0. The average molecular weight is 300 g/mol. The zero-order chi connectivity index (χ0) is 15.0. The molecule has 2 aromatic carbocycles. The van der Waals surface area contributed by atoms with Crippen LogP contribution in [0.3, 0.4) is 0 Å². The van der Waals surface area contributed by atoms with Crippen LogP contribution in [0.2, 0.25) is 0 Å². The molecule has 0 amide bonds. The summed E-state index contributed by atoms with van der Waals surface area (Å²) in [5, 5.41) is 19.6. The zero-order valence-electron chi connectivity index (χ0n) is 12.4. The molecule has 3 heteroatoms. The molecule has 0 saturated carbocycles. The van der Waals surface area contributed by atoms with Gasteiger partial charge in [-0.05, 0) is 54.0 Å². The highest BCUT2D eigenvalue weighted by atomic mass is 32.2. The molecule has 2 aromatic rings. The van der Waals surface area contributed by atoms with Gasteiger partial charge in [-0.3, -0.25) is 0 Å². The molecule has 1 aliphatic heterocycles. The van der Waals surface area contributed by atoms with Gasteiger partial charge in [0.15, 0.2) is 11.5 Å². The standard InChI is InChI=1S/C18H20O2S/c1-3-18(4-2)11-12-9-14(19)15(20)10-17(12)21-16-8-6-5-7-13(16)18/h5-10,19-20H,3-4,11H2,1-2H3. The Hall–Kier alpha value is -1.61. The summed E-state index contributed by atoms with van der Waals surface area (Å²) in [6, 6.07) is 12.0. The van der Waals surface area contributed by atoms with E-state index in [1.807, 2.05) is 0 Å². The van der Waals surface area contributed by atoms with Gasteiger partial charge in [-0.1, -0.05) is 43.8 Å². The second-order valence-electron chi connectivity index (χ2n) is 5.71. The molecule has 0 bridgehead atoms. The van der Waals surface area contributed by atoms with Crippen LogP contribution in [0.1, 0.15) is 37.8 Å². The highest BCUT2D eigenvalue weighted by Gasteiger charge is 2.34. The molecule has 2 nitrogen and oxygen atoms in total. The van der Waals surface area contributed by atoms with Gasteiger partial charge in [0.25, 0.3) is 0 Å². The maximum atomic E-state index is 9.84. The van der Waals surface area contributed by atoms with Crippen LogP contribution in [0.15, 0.2) is 46.2 Å². The molecule has 0 saturated heterocycles. The second-order valence-corrected chi connectivity index (χ2v) is 6.79. The van der Waals surface area contributed by atoms with Crippen LogP contribution in [-0.2, 0) is 11.8 Å². The lowest BCUT2D eigenvalue weighted by Crippen LogP contribution is -2.27. The maximum Gasteiger partial charge on any atom is 0.158 e. The van der Waals surface area contributed by atoms with Gasteiger partial charge in [-0.25, -0.2) is 0 Å². The van der Waals surface area contributed by atoms with Crippen molar-refractivity contribution in [2.24, 2.45) is 0 Å². The van der Waals surface area contributed by atoms with Gasteiger partial charge >= 0.3 is 0 Å². The Morgan fingerprint density at radius 3 is 2.38 bits per heavy atom. The Kier molecular flexibility index (Phi) is 3.62. The second kappa shape index (κ2) is 5.30. The highest BCUT2D eigenvalue weighted by Crippen LogP contribution is 2.49. The summed E-state index contributed by atoms with van der Waals surface area (Å²) in [6.45, 7) is 4.46. The third-order valence-electron chi connectivity index (χ3n) is 4.72. The van der Waals surface area contributed by atoms with Gasteiger partial charge in [0.2, 0.25) is 0 Å². The molecule has 1 heterocycles. The normalized spacial score (nSPS) is 15.9. The molecule has 0 unspecified atom stereocenters. The van der Waals surface area contributed by atoms with E-state index in [1.54, 1.807) is 23.9 Å². The molecule has 0 fully saturated rings. The maximum absolute atomic E-state index is 9.84. The van der Waals surface area contributed by atoms with E-state index in [2.05, 4.69) is 38.1 Å². The summed E-state index contributed by atoms with van der Waals surface area (Å²) in [6.07, 6.45) is 3.01. The van der Waals surface area contributed by atoms with E-state index >= 15 is 0 Å². The molecule has 0 aromatic heterocycles. The van der Waals surface area contributed by atoms with Crippen molar-refractivity contribution in [1.29, 1.82) is 0 Å². The molecular weight excluding hydrogens is 280 g/mol. The van der Waals surface area contributed by atoms with E-state index in [9.17, 15) is 10.2 Å². The molecule has 110 valence electrons. The van der Waals surface area contributed by atoms with Crippen molar-refractivity contribution >= 4 is 11.8 Å². The van der Waals surface area contributed by atoms with E-state index < -0.39 is 0 Å². The monoisotopic (exact) mass is 300 g/mol. The van der Waals surface area contributed by atoms with Gasteiger partial charge in [-0.2, -0.15) is 0 Å². The summed E-state index contributed by atoms with van der Waals surface area (Å²) in [5.41, 5.74) is 2.60. The minimum absolute atomic E-state index is 0.0265. The first-order chi connectivity index (χ1) is 10.1. The quantitative estimate of drug-likeness (QED) is 0.778. The molecule has 0 aliphatic carbocycles. The minimum Gasteiger partial charge on any atom is -0.504 e. The van der Waals surface area contributed by atoms with E-state index in [1.165, 1.54) is 10.5 Å². The first kappa shape index (κ1) is 14.3. The van der Waals surface area contributed by atoms with Gasteiger partial charge < -0.3 is 10.2 Å². The largest absolute Gasteiger partial charge is 0.504 e. The Balaban J connectivity index is 2.23. The van der Waals surface area contributed by atoms with Gasteiger partial charge in [-0.15, -0.1) is 0 Å². The fourth-order valence-corrected chi connectivity index (χ4v) is 4.50. The van der Waals surface area contributed by atoms with Crippen LogP contribution >= 0.6 is 11.8 Å². The van der Waals surface area contributed by atoms with Gasteiger partial charge in [0, 0.05) is 9.79 Å². The first-order valence-electron chi connectivity index (χ1n) is 7.42. The number of benzene rings is 2. The fraction of sp³-hybridized carbons (Fsp3) is 0.333.